The second-order valence-electron chi connectivity index (χ2n) is 6.56. The van der Waals surface area contributed by atoms with Gasteiger partial charge in [0.2, 0.25) is 5.91 Å². The molecule has 8 nitrogen and oxygen atoms in total. The Hall–Kier alpha value is -3.20. The van der Waals surface area contributed by atoms with Gasteiger partial charge in [-0.25, -0.2) is 4.79 Å². The predicted molar refractivity (Wildman–Crippen MR) is 116 cm³/mol. The normalized spacial score (nSPS) is 15.1. The Labute approximate surface area is 179 Å². The van der Waals surface area contributed by atoms with Crippen LogP contribution in [-0.2, 0) is 13.8 Å². The minimum atomic E-state index is -0.439. The summed E-state index contributed by atoms with van der Waals surface area (Å²) in [5.74, 6) is 0.621. The lowest BCUT2D eigenvalue weighted by molar-refractivity contribution is -0.114. The third-order valence-corrected chi connectivity index (χ3v) is 4.78. The Kier molecular flexibility index (Phi) is 7.56. The number of rotatable bonds is 9. The second kappa shape index (κ2) is 10.5. The quantitative estimate of drug-likeness (QED) is 0.248. The first-order valence-corrected chi connectivity index (χ1v) is 10.2. The third kappa shape index (κ3) is 6.41. The highest BCUT2D eigenvalue weighted by atomic mass is 32.2. The molecular formula is C21H23N3O5S. The van der Waals surface area contributed by atoms with Gasteiger partial charge in [-0.3, -0.25) is 10.1 Å². The molecule has 1 aliphatic heterocycles. The molecule has 2 aromatic rings. The monoisotopic (exact) mass is 429 g/mol. The molecule has 9 heteroatoms. The highest BCUT2D eigenvalue weighted by molar-refractivity contribution is 7.94. The van der Waals surface area contributed by atoms with E-state index in [0.717, 1.165) is 46.0 Å². The average molecular weight is 429 g/mol. The Bertz CT molecular complexity index is 917. The molecule has 3 rings (SSSR count). The summed E-state index contributed by atoms with van der Waals surface area (Å²) in [5, 5.41) is 9.29. The van der Waals surface area contributed by atoms with Crippen molar-refractivity contribution in [3.05, 3.63) is 48.0 Å². The molecule has 30 heavy (non-hydrogen) atoms. The van der Waals surface area contributed by atoms with Gasteiger partial charge in [-0.05, 0) is 62.2 Å². The van der Waals surface area contributed by atoms with Gasteiger partial charge in [0, 0.05) is 24.4 Å². The van der Waals surface area contributed by atoms with Crippen LogP contribution in [0.2, 0.25) is 0 Å². The Morgan fingerprint density at radius 2 is 2.10 bits per heavy atom. The molecule has 0 spiro atoms. The number of carbonyl (C=O) groups is 2. The van der Waals surface area contributed by atoms with Crippen LogP contribution in [0.3, 0.4) is 0 Å². The largest absolute Gasteiger partial charge is 0.494 e. The van der Waals surface area contributed by atoms with Gasteiger partial charge in [0.25, 0.3) is 0 Å². The van der Waals surface area contributed by atoms with Crippen molar-refractivity contribution in [3.8, 4) is 5.75 Å². The van der Waals surface area contributed by atoms with E-state index >= 15 is 0 Å². The Balaban J connectivity index is 1.33. The van der Waals surface area contributed by atoms with Crippen LogP contribution < -0.4 is 15.4 Å². The highest BCUT2D eigenvalue weighted by Crippen LogP contribution is 2.33. The fraction of sp³-hybridized carbons (Fsp3) is 0.286. The lowest BCUT2D eigenvalue weighted by atomic mass is 10.1. The van der Waals surface area contributed by atoms with Crippen molar-refractivity contribution in [1.82, 2.24) is 0 Å². The summed E-state index contributed by atoms with van der Waals surface area (Å²) in [7, 11) is 0. The number of benzene rings is 2. The van der Waals surface area contributed by atoms with Crippen LogP contribution in [0.5, 0.6) is 5.75 Å². The Morgan fingerprint density at radius 3 is 2.87 bits per heavy atom. The molecule has 1 unspecified atom stereocenters. The van der Waals surface area contributed by atoms with Gasteiger partial charge < -0.3 is 19.1 Å². The fourth-order valence-corrected chi connectivity index (χ4v) is 3.19. The van der Waals surface area contributed by atoms with E-state index in [-0.39, 0.29) is 12.0 Å². The molecule has 0 aromatic heterocycles. The second-order valence-corrected chi connectivity index (χ2v) is 7.35. The third-order valence-electron chi connectivity index (χ3n) is 4.15. The SMILES string of the molecule is CC(=O)Nc1ccc(SON=CCCCOc2ccc3c(c2)C(C)OC(=O)N3)cc1. The molecule has 1 aliphatic rings. The van der Waals surface area contributed by atoms with Gasteiger partial charge in [-0.15, -0.1) is 0 Å². The van der Waals surface area contributed by atoms with Gasteiger partial charge in [0.15, 0.2) is 0 Å². The van der Waals surface area contributed by atoms with Crippen LogP contribution in [0.15, 0.2) is 52.5 Å². The van der Waals surface area contributed by atoms with Crippen molar-refractivity contribution in [2.75, 3.05) is 17.2 Å². The fourth-order valence-electron chi connectivity index (χ4n) is 2.75. The molecule has 1 atom stereocenters. The average Bonchev–Trinajstić information content (AvgIpc) is 2.71. The van der Waals surface area contributed by atoms with Crippen LogP contribution in [0.4, 0.5) is 16.2 Å². The van der Waals surface area contributed by atoms with E-state index in [1.807, 2.05) is 37.3 Å². The molecule has 0 saturated carbocycles. The number of cyclic esters (lactones) is 1. The number of amides is 2. The van der Waals surface area contributed by atoms with Crippen LogP contribution >= 0.6 is 12.0 Å². The molecule has 2 amide bonds. The minimum Gasteiger partial charge on any atom is -0.494 e. The van der Waals surface area contributed by atoms with Crippen LogP contribution in [0.25, 0.3) is 0 Å². The summed E-state index contributed by atoms with van der Waals surface area (Å²) in [6, 6.07) is 12.8. The number of ether oxygens (including phenoxy) is 2. The van der Waals surface area contributed by atoms with Crippen molar-refractivity contribution in [2.45, 2.75) is 37.7 Å². The van der Waals surface area contributed by atoms with Gasteiger partial charge in [-0.2, -0.15) is 0 Å². The number of nitrogens with zero attached hydrogens (tertiary/aromatic N) is 1. The van der Waals surface area contributed by atoms with E-state index in [1.54, 1.807) is 18.3 Å². The lowest BCUT2D eigenvalue weighted by Crippen LogP contribution is -2.23. The summed E-state index contributed by atoms with van der Waals surface area (Å²) in [6.45, 7) is 3.83. The molecule has 2 aromatic carbocycles. The van der Waals surface area contributed by atoms with Crippen molar-refractivity contribution < 1.29 is 23.3 Å². The first-order chi connectivity index (χ1) is 14.5. The molecule has 0 saturated heterocycles. The first kappa shape index (κ1) is 21.5. The van der Waals surface area contributed by atoms with E-state index in [0.29, 0.717) is 13.0 Å². The number of hydrogen-bond acceptors (Lipinski definition) is 7. The molecular weight excluding hydrogens is 406 g/mol. The van der Waals surface area contributed by atoms with E-state index in [1.165, 1.54) is 6.92 Å². The number of unbranched alkanes of at least 4 members (excludes halogenated alkanes) is 1. The van der Waals surface area contributed by atoms with Crippen molar-refractivity contribution >= 4 is 41.6 Å². The van der Waals surface area contributed by atoms with Gasteiger partial charge >= 0.3 is 6.09 Å². The molecule has 0 fully saturated rings. The summed E-state index contributed by atoms with van der Waals surface area (Å²) in [6.07, 6.45) is 2.44. The van der Waals surface area contributed by atoms with E-state index in [4.69, 9.17) is 13.8 Å². The number of carbonyl (C=O) groups excluding carboxylic acids is 2. The maximum atomic E-state index is 11.4. The summed E-state index contributed by atoms with van der Waals surface area (Å²) in [4.78, 5) is 23.2. The smallest absolute Gasteiger partial charge is 0.412 e. The van der Waals surface area contributed by atoms with Crippen LogP contribution in [0, 0.1) is 0 Å². The van der Waals surface area contributed by atoms with Crippen molar-refractivity contribution in [2.24, 2.45) is 5.16 Å². The molecule has 0 radical (unpaired) electrons. The zero-order valence-electron chi connectivity index (χ0n) is 16.7. The minimum absolute atomic E-state index is 0.107. The molecule has 158 valence electrons. The maximum absolute atomic E-state index is 11.4. The Morgan fingerprint density at radius 1 is 1.30 bits per heavy atom. The summed E-state index contributed by atoms with van der Waals surface area (Å²) in [5.41, 5.74) is 2.38. The predicted octanol–water partition coefficient (Wildman–Crippen LogP) is 5.14. The zero-order valence-corrected chi connectivity index (χ0v) is 17.5. The van der Waals surface area contributed by atoms with E-state index in [2.05, 4.69) is 15.8 Å². The topological polar surface area (TPSA) is 98.2 Å². The molecule has 0 aliphatic carbocycles. The zero-order chi connectivity index (χ0) is 21.3. The number of oxime groups is 1. The van der Waals surface area contributed by atoms with Crippen molar-refractivity contribution in [1.29, 1.82) is 0 Å². The molecule has 2 N–H and O–H groups in total. The number of fused-ring (bicyclic) bond motifs is 1. The molecule has 1 heterocycles. The van der Waals surface area contributed by atoms with E-state index in [9.17, 15) is 9.59 Å². The maximum Gasteiger partial charge on any atom is 0.412 e. The lowest BCUT2D eigenvalue weighted by Gasteiger charge is -2.23. The number of anilines is 2. The highest BCUT2D eigenvalue weighted by Gasteiger charge is 2.22. The van der Waals surface area contributed by atoms with Crippen LogP contribution in [-0.4, -0.2) is 24.8 Å². The van der Waals surface area contributed by atoms with E-state index < -0.39 is 6.09 Å². The summed E-state index contributed by atoms with van der Waals surface area (Å²) < 4.78 is 16.1. The van der Waals surface area contributed by atoms with Gasteiger partial charge in [-0.1, -0.05) is 5.16 Å². The van der Waals surface area contributed by atoms with Crippen LogP contribution in [0.1, 0.15) is 38.4 Å². The number of hydrogen-bond donors (Lipinski definition) is 2. The molecule has 0 bridgehead atoms. The van der Waals surface area contributed by atoms with Gasteiger partial charge in [0.05, 0.1) is 17.2 Å². The standard InChI is InChI=1S/C21H23N3O5S/c1-14-19-13-17(7-10-20(19)24-21(26)28-14)27-12-4-3-11-22-29-30-18-8-5-16(6-9-18)23-15(2)25/h5-11,13-14H,3-4,12H2,1-2H3,(H,23,25)(H,24,26). The number of nitrogens with one attached hydrogen (secondary N) is 2. The van der Waals surface area contributed by atoms with Gasteiger partial charge in [0.1, 0.15) is 23.9 Å². The van der Waals surface area contributed by atoms with Crippen molar-refractivity contribution in [3.63, 3.8) is 0 Å². The summed E-state index contributed by atoms with van der Waals surface area (Å²) >= 11 is 1.14. The first-order valence-electron chi connectivity index (χ1n) is 9.49.